The summed E-state index contributed by atoms with van der Waals surface area (Å²) in [4.78, 5) is 4.67. The second-order valence-corrected chi connectivity index (χ2v) is 10.8. The Morgan fingerprint density at radius 3 is 1.59 bits per heavy atom. The molecule has 0 aliphatic carbocycles. The van der Waals surface area contributed by atoms with Gasteiger partial charge in [-0.1, -0.05) is 109 Å². The Morgan fingerprint density at radius 2 is 0.854 bits per heavy atom. The number of nitrogens with zero attached hydrogens (tertiary/aromatic N) is 2. The van der Waals surface area contributed by atoms with Crippen molar-refractivity contribution in [1.29, 1.82) is 0 Å². The average molecular weight is 592 g/mol. The lowest BCUT2D eigenvalue weighted by Crippen LogP contribution is -2.14. The van der Waals surface area contributed by atoms with Gasteiger partial charge in [-0.2, -0.15) is 0 Å². The van der Waals surface area contributed by atoms with Gasteiger partial charge >= 0.3 is 0 Å². The van der Waals surface area contributed by atoms with Gasteiger partial charge in [0.2, 0.25) is 0 Å². The molecule has 0 fully saturated rings. The third-order valence-corrected chi connectivity index (χ3v) is 8.28. The summed E-state index contributed by atoms with van der Waals surface area (Å²) in [5.41, 5.74) is 6.54. The largest absolute Gasteiger partial charge is 0.309 e. The van der Waals surface area contributed by atoms with Gasteiger partial charge in [0, 0.05) is 22.4 Å². The summed E-state index contributed by atoms with van der Waals surface area (Å²) in [6, 6.07) is 57.9. The van der Waals surface area contributed by atoms with Crippen LogP contribution < -0.4 is 9.80 Å². The molecule has 0 bridgehead atoms. The van der Waals surface area contributed by atoms with E-state index < -0.39 is 0 Å². The number of rotatable bonds is 6. The molecule has 0 unspecified atom stereocenters. The first-order valence-corrected chi connectivity index (χ1v) is 14.5. The lowest BCUT2D eigenvalue weighted by atomic mass is 10.1. The van der Waals surface area contributed by atoms with Gasteiger partial charge in [0.05, 0.1) is 21.5 Å². The highest BCUT2D eigenvalue weighted by Crippen LogP contribution is 2.48. The van der Waals surface area contributed by atoms with E-state index in [1.165, 1.54) is 21.5 Å². The number of halogens is 1. The topological polar surface area (TPSA) is 6.48 Å². The monoisotopic (exact) mass is 590 g/mol. The zero-order valence-electron chi connectivity index (χ0n) is 22.4. The van der Waals surface area contributed by atoms with E-state index in [0.717, 1.165) is 38.6 Å². The quantitative estimate of drug-likeness (QED) is 0.190. The molecule has 196 valence electrons. The molecule has 0 amide bonds. The molecule has 7 aromatic carbocycles. The fraction of sp³-hybridized carbons (Fsp3) is 0. The van der Waals surface area contributed by atoms with Crippen molar-refractivity contribution in [2.45, 2.75) is 0 Å². The minimum absolute atomic E-state index is 1.01. The maximum atomic E-state index is 4.10. The van der Waals surface area contributed by atoms with Gasteiger partial charge in [-0.05, 0) is 86.7 Å². The smallest absolute Gasteiger partial charge is 0.0656 e. The van der Waals surface area contributed by atoms with Crippen molar-refractivity contribution in [3.05, 3.63) is 168 Å². The number of hydrogen-bond acceptors (Lipinski definition) is 2. The molecule has 0 radical (unpaired) electrons. The first kappa shape index (κ1) is 25.1. The van der Waals surface area contributed by atoms with Crippen molar-refractivity contribution in [3.63, 3.8) is 0 Å². The highest BCUT2D eigenvalue weighted by molar-refractivity contribution is 9.10. The van der Waals surface area contributed by atoms with Crippen LogP contribution in [0.3, 0.4) is 0 Å². The summed E-state index contributed by atoms with van der Waals surface area (Å²) in [6.07, 6.45) is 0. The molecule has 41 heavy (non-hydrogen) atoms. The van der Waals surface area contributed by atoms with E-state index in [2.05, 4.69) is 190 Å². The molecule has 7 rings (SSSR count). The third-order valence-electron chi connectivity index (χ3n) is 7.47. The second-order valence-electron chi connectivity index (χ2n) is 9.98. The van der Waals surface area contributed by atoms with Gasteiger partial charge < -0.3 is 9.80 Å². The van der Waals surface area contributed by atoms with Crippen LogP contribution in [0.5, 0.6) is 0 Å². The van der Waals surface area contributed by atoms with Gasteiger partial charge in [-0.15, -0.1) is 0 Å². The molecule has 0 saturated carbocycles. The molecule has 7 aromatic rings. The molecule has 0 spiro atoms. The molecule has 0 heterocycles. The van der Waals surface area contributed by atoms with Crippen LogP contribution in [0.2, 0.25) is 0 Å². The summed E-state index contributed by atoms with van der Waals surface area (Å²) in [5, 5.41) is 4.84. The highest BCUT2D eigenvalue weighted by Gasteiger charge is 2.22. The Labute approximate surface area is 248 Å². The first-order valence-electron chi connectivity index (χ1n) is 13.7. The molecule has 0 aromatic heterocycles. The number of para-hydroxylation sites is 2. The molecule has 2 nitrogen and oxygen atoms in total. The summed E-state index contributed by atoms with van der Waals surface area (Å²) < 4.78 is 1.01. The van der Waals surface area contributed by atoms with Gasteiger partial charge in [-0.3, -0.25) is 0 Å². The minimum Gasteiger partial charge on any atom is -0.309 e. The Balaban J connectivity index is 1.46. The lowest BCUT2D eigenvalue weighted by Gasteiger charge is -2.31. The van der Waals surface area contributed by atoms with Crippen molar-refractivity contribution in [2.24, 2.45) is 0 Å². The van der Waals surface area contributed by atoms with Crippen LogP contribution in [0.1, 0.15) is 0 Å². The molecule has 3 heteroatoms. The SMILES string of the molecule is Brc1c(N(c2ccccc2)c2ccc3ccccc3c2)cccc1N(c1ccccc1)c1cccc2ccccc12. The Morgan fingerprint density at radius 1 is 0.341 bits per heavy atom. The lowest BCUT2D eigenvalue weighted by molar-refractivity contribution is 1.24. The van der Waals surface area contributed by atoms with E-state index in [1.807, 2.05) is 0 Å². The Bertz CT molecular complexity index is 1960. The van der Waals surface area contributed by atoms with Crippen LogP contribution in [0.15, 0.2) is 168 Å². The van der Waals surface area contributed by atoms with Crippen LogP contribution in [0.25, 0.3) is 21.5 Å². The van der Waals surface area contributed by atoms with Crippen LogP contribution in [-0.4, -0.2) is 0 Å². The van der Waals surface area contributed by atoms with E-state index in [9.17, 15) is 0 Å². The zero-order valence-corrected chi connectivity index (χ0v) is 23.9. The number of benzene rings is 7. The third kappa shape index (κ3) is 4.75. The summed E-state index contributed by atoms with van der Waals surface area (Å²) in [6.45, 7) is 0. The fourth-order valence-corrected chi connectivity index (χ4v) is 6.18. The summed E-state index contributed by atoms with van der Waals surface area (Å²) in [5.74, 6) is 0. The van der Waals surface area contributed by atoms with Crippen LogP contribution in [0.4, 0.5) is 34.1 Å². The molecule has 0 aliphatic rings. The van der Waals surface area contributed by atoms with Crippen molar-refractivity contribution in [1.82, 2.24) is 0 Å². The Hall–Kier alpha value is -4.86. The van der Waals surface area contributed by atoms with Gasteiger partial charge in [0.25, 0.3) is 0 Å². The number of fused-ring (bicyclic) bond motifs is 2. The van der Waals surface area contributed by atoms with E-state index in [4.69, 9.17) is 0 Å². The predicted molar refractivity (Wildman–Crippen MR) is 179 cm³/mol. The van der Waals surface area contributed by atoms with Gasteiger partial charge in [0.15, 0.2) is 0 Å². The second kappa shape index (κ2) is 11.0. The maximum Gasteiger partial charge on any atom is 0.0656 e. The summed E-state index contributed by atoms with van der Waals surface area (Å²) >= 11 is 4.10. The van der Waals surface area contributed by atoms with Crippen LogP contribution >= 0.6 is 15.9 Å². The normalized spacial score (nSPS) is 11.0. The van der Waals surface area contributed by atoms with E-state index in [-0.39, 0.29) is 0 Å². The van der Waals surface area contributed by atoms with Crippen LogP contribution in [-0.2, 0) is 0 Å². The highest BCUT2D eigenvalue weighted by atomic mass is 79.9. The molecular formula is C38H27BrN2. The van der Waals surface area contributed by atoms with Crippen molar-refractivity contribution < 1.29 is 0 Å². The molecule has 0 N–H and O–H groups in total. The molecule has 0 aliphatic heterocycles. The number of hydrogen-bond donors (Lipinski definition) is 0. The zero-order chi connectivity index (χ0) is 27.6. The van der Waals surface area contributed by atoms with Crippen LogP contribution in [0, 0.1) is 0 Å². The maximum absolute atomic E-state index is 4.10. The Kier molecular flexibility index (Phi) is 6.72. The molecular weight excluding hydrogens is 564 g/mol. The van der Waals surface area contributed by atoms with Crippen molar-refractivity contribution >= 4 is 71.6 Å². The fourth-order valence-electron chi connectivity index (χ4n) is 5.56. The van der Waals surface area contributed by atoms with Gasteiger partial charge in [0.1, 0.15) is 0 Å². The average Bonchev–Trinajstić information content (AvgIpc) is 3.04. The molecule has 0 atom stereocenters. The predicted octanol–water partition coefficient (Wildman–Crippen LogP) is 11.7. The van der Waals surface area contributed by atoms with E-state index >= 15 is 0 Å². The van der Waals surface area contributed by atoms with Crippen molar-refractivity contribution in [2.75, 3.05) is 9.80 Å². The minimum atomic E-state index is 1.01. The number of anilines is 6. The van der Waals surface area contributed by atoms with Gasteiger partial charge in [-0.25, -0.2) is 0 Å². The standard InChI is InChI=1S/C38H27BrN2/c39-38-36(40(31-17-3-1-4-18-31)33-26-25-28-13-7-8-15-30(28)27-33)23-12-24-37(38)41(32-19-5-2-6-20-32)35-22-11-16-29-14-9-10-21-34(29)35/h1-27H. The van der Waals surface area contributed by atoms with Crippen molar-refractivity contribution in [3.8, 4) is 0 Å². The van der Waals surface area contributed by atoms with E-state index in [0.29, 0.717) is 0 Å². The molecule has 0 saturated heterocycles. The summed E-state index contributed by atoms with van der Waals surface area (Å²) in [7, 11) is 0. The van der Waals surface area contributed by atoms with E-state index in [1.54, 1.807) is 0 Å². The first-order chi connectivity index (χ1) is 20.3.